The summed E-state index contributed by atoms with van der Waals surface area (Å²) in [6.45, 7) is 4.58. The molecule has 0 heterocycles. The van der Waals surface area contributed by atoms with Gasteiger partial charge in [0.25, 0.3) is 0 Å². The van der Waals surface area contributed by atoms with Gasteiger partial charge in [-0.2, -0.15) is 0 Å². The van der Waals surface area contributed by atoms with Gasteiger partial charge in [-0.25, -0.2) is 0 Å². The largest absolute Gasteiger partial charge is 0.372 e. The van der Waals surface area contributed by atoms with Crippen LogP contribution in [0.3, 0.4) is 0 Å². The molecule has 2 heteroatoms. The van der Waals surface area contributed by atoms with E-state index >= 15 is 0 Å². The maximum atomic E-state index is 5.73. The van der Waals surface area contributed by atoms with Gasteiger partial charge in [0, 0.05) is 5.02 Å². The molecule has 1 aromatic rings. The fraction of sp³-hybridized carbons (Fsp3) is 0.182. The Morgan fingerprint density at radius 3 is 2.69 bits per heavy atom. The van der Waals surface area contributed by atoms with Crippen molar-refractivity contribution in [2.24, 2.45) is 0 Å². The van der Waals surface area contributed by atoms with Gasteiger partial charge in [0.05, 0.1) is 13.2 Å². The van der Waals surface area contributed by atoms with Crippen LogP contribution in [0.15, 0.2) is 42.7 Å². The van der Waals surface area contributed by atoms with E-state index in [1.807, 2.05) is 24.3 Å². The highest BCUT2D eigenvalue weighted by molar-refractivity contribution is 6.30. The molecule has 1 aromatic carbocycles. The maximum Gasteiger partial charge on any atom is 0.0725 e. The van der Waals surface area contributed by atoms with Crippen LogP contribution in [0, 0.1) is 0 Å². The van der Waals surface area contributed by atoms with Gasteiger partial charge in [0.2, 0.25) is 0 Å². The SMILES string of the molecule is C=C=CCOCc1ccc(Cl)cc1. The first-order valence-corrected chi connectivity index (χ1v) is 4.37. The molecule has 13 heavy (non-hydrogen) atoms. The Morgan fingerprint density at radius 2 is 2.08 bits per heavy atom. The number of benzene rings is 1. The van der Waals surface area contributed by atoms with Crippen molar-refractivity contribution in [2.75, 3.05) is 6.61 Å². The Balaban J connectivity index is 2.37. The van der Waals surface area contributed by atoms with Crippen LogP contribution in [0.5, 0.6) is 0 Å². The first-order chi connectivity index (χ1) is 6.33. The predicted octanol–water partition coefficient (Wildman–Crippen LogP) is 3.20. The summed E-state index contributed by atoms with van der Waals surface area (Å²) in [5.41, 5.74) is 3.75. The molecule has 0 aliphatic carbocycles. The second kappa shape index (κ2) is 5.60. The van der Waals surface area contributed by atoms with E-state index in [1.165, 1.54) is 0 Å². The summed E-state index contributed by atoms with van der Waals surface area (Å²) in [5, 5.41) is 0.745. The van der Waals surface area contributed by atoms with E-state index in [9.17, 15) is 0 Å². The van der Waals surface area contributed by atoms with Crippen LogP contribution < -0.4 is 0 Å². The lowest BCUT2D eigenvalue weighted by Gasteiger charge is -2.00. The highest BCUT2D eigenvalue weighted by atomic mass is 35.5. The van der Waals surface area contributed by atoms with Gasteiger partial charge >= 0.3 is 0 Å². The average molecular weight is 195 g/mol. The van der Waals surface area contributed by atoms with Crippen molar-refractivity contribution < 1.29 is 4.74 Å². The zero-order valence-corrected chi connectivity index (χ0v) is 8.05. The second-order valence-corrected chi connectivity index (χ2v) is 2.99. The third-order valence-electron chi connectivity index (χ3n) is 1.53. The summed E-state index contributed by atoms with van der Waals surface area (Å²) in [4.78, 5) is 0. The smallest absolute Gasteiger partial charge is 0.0725 e. The Hall–Kier alpha value is -1.01. The van der Waals surface area contributed by atoms with E-state index in [0.717, 1.165) is 10.6 Å². The minimum Gasteiger partial charge on any atom is -0.372 e. The molecule has 0 saturated carbocycles. The predicted molar refractivity (Wildman–Crippen MR) is 54.8 cm³/mol. The average Bonchev–Trinajstić information content (AvgIpc) is 2.15. The van der Waals surface area contributed by atoms with Gasteiger partial charge in [-0.05, 0) is 23.8 Å². The molecule has 0 aliphatic heterocycles. The monoisotopic (exact) mass is 194 g/mol. The lowest BCUT2D eigenvalue weighted by atomic mass is 10.2. The van der Waals surface area contributed by atoms with Crippen LogP contribution in [0.4, 0.5) is 0 Å². The molecule has 0 radical (unpaired) electrons. The normalized spacial score (nSPS) is 9.31. The lowest BCUT2D eigenvalue weighted by molar-refractivity contribution is 0.149. The standard InChI is InChI=1S/C11H11ClO/c1-2-3-8-13-9-10-4-6-11(12)7-5-10/h3-7H,1,8-9H2. The number of rotatable bonds is 4. The van der Waals surface area contributed by atoms with Crippen LogP contribution >= 0.6 is 11.6 Å². The van der Waals surface area contributed by atoms with E-state index in [0.29, 0.717) is 13.2 Å². The minimum atomic E-state index is 0.548. The van der Waals surface area contributed by atoms with Crippen molar-refractivity contribution in [3.8, 4) is 0 Å². The molecule has 0 amide bonds. The van der Waals surface area contributed by atoms with Gasteiger partial charge in [0.15, 0.2) is 0 Å². The summed E-state index contributed by atoms with van der Waals surface area (Å²) in [6.07, 6.45) is 1.75. The van der Waals surface area contributed by atoms with Crippen molar-refractivity contribution in [1.82, 2.24) is 0 Å². The van der Waals surface area contributed by atoms with Gasteiger partial charge in [0.1, 0.15) is 0 Å². The molecule has 0 spiro atoms. The molecule has 0 N–H and O–H groups in total. The van der Waals surface area contributed by atoms with Crippen LogP contribution in [-0.2, 0) is 11.3 Å². The van der Waals surface area contributed by atoms with Gasteiger partial charge in [-0.15, -0.1) is 5.73 Å². The number of ether oxygens (including phenoxy) is 1. The minimum absolute atomic E-state index is 0.548. The highest BCUT2D eigenvalue weighted by Gasteiger charge is 1.91. The molecule has 0 saturated heterocycles. The Bertz CT molecular complexity index is 296. The number of halogens is 1. The first-order valence-electron chi connectivity index (χ1n) is 3.99. The lowest BCUT2D eigenvalue weighted by Crippen LogP contribution is -1.91. The zero-order chi connectivity index (χ0) is 9.52. The number of hydrogen-bond acceptors (Lipinski definition) is 1. The second-order valence-electron chi connectivity index (χ2n) is 2.55. The summed E-state index contributed by atoms with van der Waals surface area (Å²) < 4.78 is 5.30. The van der Waals surface area contributed by atoms with Crippen LogP contribution in [0.25, 0.3) is 0 Å². The molecule has 0 atom stereocenters. The fourth-order valence-corrected chi connectivity index (χ4v) is 1.00. The third-order valence-corrected chi connectivity index (χ3v) is 1.78. The molecule has 0 fully saturated rings. The topological polar surface area (TPSA) is 9.23 Å². The van der Waals surface area contributed by atoms with E-state index in [2.05, 4.69) is 12.3 Å². The van der Waals surface area contributed by atoms with Gasteiger partial charge in [-0.3, -0.25) is 0 Å². The van der Waals surface area contributed by atoms with E-state index in [-0.39, 0.29) is 0 Å². The quantitative estimate of drug-likeness (QED) is 0.529. The van der Waals surface area contributed by atoms with Crippen molar-refractivity contribution in [2.45, 2.75) is 6.61 Å². The van der Waals surface area contributed by atoms with Crippen LogP contribution in [0.2, 0.25) is 5.02 Å². The molecule has 0 bridgehead atoms. The molecular weight excluding hydrogens is 184 g/mol. The van der Waals surface area contributed by atoms with Crippen LogP contribution in [0.1, 0.15) is 5.56 Å². The molecule has 0 unspecified atom stereocenters. The van der Waals surface area contributed by atoms with Crippen molar-refractivity contribution in [3.63, 3.8) is 0 Å². The highest BCUT2D eigenvalue weighted by Crippen LogP contribution is 2.09. The molecule has 1 nitrogen and oxygen atoms in total. The zero-order valence-electron chi connectivity index (χ0n) is 7.29. The summed E-state index contributed by atoms with van der Waals surface area (Å²) in [7, 11) is 0. The Kier molecular flexibility index (Phi) is 4.34. The molecule has 68 valence electrons. The Morgan fingerprint density at radius 1 is 1.38 bits per heavy atom. The maximum absolute atomic E-state index is 5.73. The van der Waals surface area contributed by atoms with E-state index in [1.54, 1.807) is 6.08 Å². The van der Waals surface area contributed by atoms with Crippen molar-refractivity contribution in [3.05, 3.63) is 53.2 Å². The molecule has 0 aliphatic rings. The van der Waals surface area contributed by atoms with E-state index in [4.69, 9.17) is 16.3 Å². The molecule has 1 rings (SSSR count). The van der Waals surface area contributed by atoms with E-state index < -0.39 is 0 Å². The molecule has 0 aromatic heterocycles. The third kappa shape index (κ3) is 3.95. The van der Waals surface area contributed by atoms with Gasteiger partial charge < -0.3 is 4.74 Å². The van der Waals surface area contributed by atoms with Crippen molar-refractivity contribution in [1.29, 1.82) is 0 Å². The van der Waals surface area contributed by atoms with Gasteiger partial charge in [-0.1, -0.05) is 30.3 Å². The van der Waals surface area contributed by atoms with Crippen molar-refractivity contribution >= 4 is 11.6 Å². The molecular formula is C11H11ClO. The first kappa shape index (κ1) is 10.1. The summed E-state index contributed by atoms with van der Waals surface area (Å²) >= 11 is 5.73. The van der Waals surface area contributed by atoms with Crippen LogP contribution in [-0.4, -0.2) is 6.61 Å². The number of hydrogen-bond donors (Lipinski definition) is 0. The summed E-state index contributed by atoms with van der Waals surface area (Å²) in [5.74, 6) is 0. The fourth-order valence-electron chi connectivity index (χ4n) is 0.875. The Labute approximate surface area is 83.3 Å². The summed E-state index contributed by atoms with van der Waals surface area (Å²) in [6, 6.07) is 7.59.